The van der Waals surface area contributed by atoms with Gasteiger partial charge < -0.3 is 9.47 Å². The van der Waals surface area contributed by atoms with Crippen LogP contribution >= 0.6 is 11.6 Å². The maximum absolute atomic E-state index is 12.0. The van der Waals surface area contributed by atoms with Crippen LogP contribution in [0.1, 0.15) is 15.9 Å². The Morgan fingerprint density at radius 1 is 1.16 bits per heavy atom. The molecule has 0 unspecified atom stereocenters. The van der Waals surface area contributed by atoms with Crippen LogP contribution in [0.15, 0.2) is 48.5 Å². The summed E-state index contributed by atoms with van der Waals surface area (Å²) in [5.74, 6) is 0.00913. The van der Waals surface area contributed by atoms with E-state index in [2.05, 4.69) is 0 Å². The van der Waals surface area contributed by atoms with Gasteiger partial charge in [0.1, 0.15) is 5.75 Å². The average Bonchev–Trinajstić information content (AvgIpc) is 2.39. The minimum Gasteiger partial charge on any atom is -0.423 e. The minimum absolute atomic E-state index is 0.416. The van der Waals surface area contributed by atoms with Crippen molar-refractivity contribution >= 4 is 17.6 Å². The first kappa shape index (κ1) is 13.6. The van der Waals surface area contributed by atoms with Gasteiger partial charge in [-0.3, -0.25) is 0 Å². The number of carbonyl (C=O) groups is 1. The number of carbonyl (C=O) groups excluding carboxylic acids is 1. The van der Waals surface area contributed by atoms with E-state index in [9.17, 15) is 4.79 Å². The number of hydrogen-bond acceptors (Lipinski definition) is 3. The number of rotatable bonds is 4. The molecule has 19 heavy (non-hydrogen) atoms. The highest BCUT2D eigenvalue weighted by Crippen LogP contribution is 2.18. The van der Waals surface area contributed by atoms with Crippen LogP contribution in [0.2, 0.25) is 5.02 Å². The third-order valence-corrected chi connectivity index (χ3v) is 2.72. The molecular formula is C15H13ClO3. The molecule has 4 heteroatoms. The lowest BCUT2D eigenvalue weighted by atomic mass is 10.1. The van der Waals surface area contributed by atoms with Gasteiger partial charge >= 0.3 is 5.97 Å². The molecule has 3 nitrogen and oxygen atoms in total. The molecule has 2 rings (SSSR count). The monoisotopic (exact) mass is 276 g/mol. The zero-order valence-corrected chi connectivity index (χ0v) is 11.2. The van der Waals surface area contributed by atoms with Gasteiger partial charge in [-0.15, -0.1) is 0 Å². The molecule has 0 aliphatic carbocycles. The van der Waals surface area contributed by atoms with Gasteiger partial charge in [0.25, 0.3) is 0 Å². The van der Waals surface area contributed by atoms with E-state index in [-0.39, 0.29) is 0 Å². The quantitative estimate of drug-likeness (QED) is 0.631. The topological polar surface area (TPSA) is 35.5 Å². The second-order valence-electron chi connectivity index (χ2n) is 3.98. The maximum Gasteiger partial charge on any atom is 0.343 e. The summed E-state index contributed by atoms with van der Waals surface area (Å²) in [6.45, 7) is 0.457. The molecule has 0 saturated heterocycles. The molecule has 0 spiro atoms. The number of esters is 1. The standard InChI is InChI=1S/C15H13ClO3/c1-18-10-11-4-2-5-12(8-11)15(17)19-14-7-3-6-13(16)9-14/h2-9H,10H2,1H3. The van der Waals surface area contributed by atoms with Crippen LogP contribution in [0.4, 0.5) is 0 Å². The molecule has 0 heterocycles. The number of hydrogen-bond donors (Lipinski definition) is 0. The Hall–Kier alpha value is -1.84. The zero-order chi connectivity index (χ0) is 13.7. The number of benzene rings is 2. The average molecular weight is 277 g/mol. The predicted octanol–water partition coefficient (Wildman–Crippen LogP) is 3.71. The van der Waals surface area contributed by atoms with Crippen LogP contribution in [0.5, 0.6) is 5.75 Å². The fourth-order valence-corrected chi connectivity index (χ4v) is 1.83. The van der Waals surface area contributed by atoms with E-state index in [4.69, 9.17) is 21.1 Å². The molecular weight excluding hydrogens is 264 g/mol. The molecule has 0 N–H and O–H groups in total. The van der Waals surface area contributed by atoms with E-state index in [0.717, 1.165) is 5.56 Å². The highest BCUT2D eigenvalue weighted by atomic mass is 35.5. The minimum atomic E-state index is -0.416. The summed E-state index contributed by atoms with van der Waals surface area (Å²) in [7, 11) is 1.61. The van der Waals surface area contributed by atoms with Crippen LogP contribution in [-0.4, -0.2) is 13.1 Å². The zero-order valence-electron chi connectivity index (χ0n) is 10.4. The van der Waals surface area contributed by atoms with Crippen molar-refractivity contribution in [1.82, 2.24) is 0 Å². The van der Waals surface area contributed by atoms with Crippen molar-refractivity contribution < 1.29 is 14.3 Å². The lowest BCUT2D eigenvalue weighted by Gasteiger charge is -2.06. The van der Waals surface area contributed by atoms with E-state index in [1.165, 1.54) is 0 Å². The van der Waals surface area contributed by atoms with Gasteiger partial charge in [0.05, 0.1) is 12.2 Å². The lowest BCUT2D eigenvalue weighted by Crippen LogP contribution is -2.08. The Labute approximate surface area is 116 Å². The van der Waals surface area contributed by atoms with Gasteiger partial charge in [-0.2, -0.15) is 0 Å². The highest BCUT2D eigenvalue weighted by Gasteiger charge is 2.09. The van der Waals surface area contributed by atoms with Gasteiger partial charge in [-0.25, -0.2) is 4.79 Å². The summed E-state index contributed by atoms with van der Waals surface area (Å²) in [6.07, 6.45) is 0. The normalized spacial score (nSPS) is 10.2. The Morgan fingerprint density at radius 3 is 2.68 bits per heavy atom. The molecule has 0 radical (unpaired) electrons. The Morgan fingerprint density at radius 2 is 1.95 bits per heavy atom. The highest BCUT2D eigenvalue weighted by molar-refractivity contribution is 6.30. The van der Waals surface area contributed by atoms with Gasteiger partial charge in [-0.1, -0.05) is 29.8 Å². The first-order valence-electron chi connectivity index (χ1n) is 5.74. The SMILES string of the molecule is COCc1cccc(C(=O)Oc2cccc(Cl)c2)c1. The van der Waals surface area contributed by atoms with Crippen LogP contribution in [0.3, 0.4) is 0 Å². The van der Waals surface area contributed by atoms with Crippen molar-refractivity contribution in [2.45, 2.75) is 6.61 Å². The Kier molecular flexibility index (Phi) is 4.55. The van der Waals surface area contributed by atoms with Crippen molar-refractivity contribution in [1.29, 1.82) is 0 Å². The second-order valence-corrected chi connectivity index (χ2v) is 4.42. The van der Waals surface area contributed by atoms with Crippen molar-refractivity contribution in [3.63, 3.8) is 0 Å². The van der Waals surface area contributed by atoms with E-state index in [1.54, 1.807) is 49.6 Å². The van der Waals surface area contributed by atoms with E-state index >= 15 is 0 Å². The molecule has 0 amide bonds. The maximum atomic E-state index is 12.0. The van der Waals surface area contributed by atoms with E-state index in [1.807, 2.05) is 6.07 Å². The van der Waals surface area contributed by atoms with E-state index < -0.39 is 5.97 Å². The molecule has 0 aliphatic heterocycles. The predicted molar refractivity (Wildman–Crippen MR) is 73.6 cm³/mol. The lowest BCUT2D eigenvalue weighted by molar-refractivity contribution is 0.0734. The number of methoxy groups -OCH3 is 1. The molecule has 98 valence electrons. The van der Waals surface area contributed by atoms with Crippen molar-refractivity contribution in [2.24, 2.45) is 0 Å². The summed E-state index contributed by atoms with van der Waals surface area (Å²) in [5, 5.41) is 0.526. The van der Waals surface area contributed by atoms with Crippen LogP contribution in [0, 0.1) is 0 Å². The smallest absolute Gasteiger partial charge is 0.343 e. The van der Waals surface area contributed by atoms with Gasteiger partial charge in [0, 0.05) is 12.1 Å². The molecule has 2 aromatic rings. The number of halogens is 1. The molecule has 0 atom stereocenters. The summed E-state index contributed by atoms with van der Waals surface area (Å²) >= 11 is 5.83. The first-order valence-corrected chi connectivity index (χ1v) is 6.12. The van der Waals surface area contributed by atoms with Gasteiger partial charge in [-0.05, 0) is 35.9 Å². The molecule has 0 saturated carbocycles. The summed E-state index contributed by atoms with van der Waals surface area (Å²) in [5.41, 5.74) is 1.40. The third kappa shape index (κ3) is 3.81. The first-order chi connectivity index (χ1) is 9.19. The van der Waals surface area contributed by atoms with Crippen molar-refractivity contribution in [3.05, 3.63) is 64.7 Å². The summed E-state index contributed by atoms with van der Waals surface area (Å²) < 4.78 is 10.3. The second kappa shape index (κ2) is 6.36. The van der Waals surface area contributed by atoms with Crippen LogP contribution in [-0.2, 0) is 11.3 Å². The fourth-order valence-electron chi connectivity index (χ4n) is 1.65. The molecule has 0 fully saturated rings. The van der Waals surface area contributed by atoms with E-state index in [0.29, 0.717) is 22.9 Å². The molecule has 0 aromatic heterocycles. The van der Waals surface area contributed by atoms with Crippen LogP contribution in [0.25, 0.3) is 0 Å². The van der Waals surface area contributed by atoms with Gasteiger partial charge in [0.15, 0.2) is 0 Å². The Balaban J connectivity index is 2.13. The Bertz CT molecular complexity index is 581. The molecule has 0 aliphatic rings. The summed E-state index contributed by atoms with van der Waals surface area (Å²) in [6, 6.07) is 13.9. The molecule has 2 aromatic carbocycles. The molecule has 0 bridgehead atoms. The fraction of sp³-hybridized carbons (Fsp3) is 0.133. The van der Waals surface area contributed by atoms with Crippen LogP contribution < -0.4 is 4.74 Å². The van der Waals surface area contributed by atoms with Crippen molar-refractivity contribution in [2.75, 3.05) is 7.11 Å². The summed E-state index contributed by atoms with van der Waals surface area (Å²) in [4.78, 5) is 12.0. The number of ether oxygens (including phenoxy) is 2. The van der Waals surface area contributed by atoms with Gasteiger partial charge in [0.2, 0.25) is 0 Å². The third-order valence-electron chi connectivity index (χ3n) is 2.48. The largest absolute Gasteiger partial charge is 0.423 e. The van der Waals surface area contributed by atoms with Crippen molar-refractivity contribution in [3.8, 4) is 5.75 Å².